The van der Waals surface area contributed by atoms with E-state index in [1.165, 1.54) is 12.1 Å². The van der Waals surface area contributed by atoms with Gasteiger partial charge in [-0.3, -0.25) is 4.79 Å². The molecule has 1 aromatic rings. The van der Waals surface area contributed by atoms with Crippen LogP contribution in [0.15, 0.2) is 17.0 Å². The molecule has 7 heteroatoms. The summed E-state index contributed by atoms with van der Waals surface area (Å²) in [6.45, 7) is 0. The minimum Gasteiger partial charge on any atom is -0.326 e. The molecule has 1 N–H and O–H groups in total. The summed E-state index contributed by atoms with van der Waals surface area (Å²) in [5, 5.41) is 2.72. The Hall–Kier alpha value is -0.780. The molecule has 0 fully saturated rings. The first-order chi connectivity index (χ1) is 7.88. The van der Waals surface area contributed by atoms with Crippen LogP contribution in [0.3, 0.4) is 0 Å². The zero-order valence-corrected chi connectivity index (χ0v) is 11.0. The number of benzene rings is 1. The molecule has 0 unspecified atom stereocenters. The van der Waals surface area contributed by atoms with E-state index in [4.69, 9.17) is 22.3 Å². The first kappa shape index (κ1) is 12.7. The molecular formula is C10H9Cl2NO3S. The van der Waals surface area contributed by atoms with Gasteiger partial charge in [0, 0.05) is 22.8 Å². The van der Waals surface area contributed by atoms with Crippen molar-refractivity contribution >= 4 is 42.9 Å². The Morgan fingerprint density at radius 2 is 1.94 bits per heavy atom. The van der Waals surface area contributed by atoms with Crippen LogP contribution in [0.25, 0.3) is 0 Å². The highest BCUT2D eigenvalue weighted by atomic mass is 35.7. The smallest absolute Gasteiger partial charge is 0.262 e. The molecule has 2 rings (SSSR count). The van der Waals surface area contributed by atoms with E-state index in [9.17, 15) is 13.2 Å². The van der Waals surface area contributed by atoms with Crippen LogP contribution in [0, 0.1) is 0 Å². The van der Waals surface area contributed by atoms with E-state index in [-0.39, 0.29) is 15.8 Å². The van der Waals surface area contributed by atoms with E-state index in [0.717, 1.165) is 5.56 Å². The van der Waals surface area contributed by atoms with Crippen molar-refractivity contribution in [1.29, 1.82) is 0 Å². The quantitative estimate of drug-likeness (QED) is 0.810. The van der Waals surface area contributed by atoms with Gasteiger partial charge in [0.15, 0.2) is 0 Å². The number of amides is 1. The Morgan fingerprint density at radius 1 is 1.24 bits per heavy atom. The van der Waals surface area contributed by atoms with Gasteiger partial charge in [0.25, 0.3) is 9.05 Å². The molecule has 0 aliphatic carbocycles. The molecule has 1 aromatic carbocycles. The summed E-state index contributed by atoms with van der Waals surface area (Å²) >= 11 is 5.86. The van der Waals surface area contributed by atoms with Crippen LogP contribution < -0.4 is 5.32 Å². The van der Waals surface area contributed by atoms with Gasteiger partial charge in [0.05, 0.1) is 5.02 Å². The Kier molecular flexibility index (Phi) is 3.34. The lowest BCUT2D eigenvalue weighted by Crippen LogP contribution is -2.09. The maximum atomic E-state index is 11.4. The number of fused-ring (bicyclic) bond motifs is 1. The second-order valence-electron chi connectivity index (χ2n) is 3.78. The van der Waals surface area contributed by atoms with Crippen molar-refractivity contribution in [2.24, 2.45) is 0 Å². The van der Waals surface area contributed by atoms with Crippen molar-refractivity contribution in [1.82, 2.24) is 0 Å². The van der Waals surface area contributed by atoms with Crippen LogP contribution in [-0.4, -0.2) is 14.3 Å². The predicted molar refractivity (Wildman–Crippen MR) is 66.1 cm³/mol. The normalized spacial score (nSPS) is 16.0. The maximum Gasteiger partial charge on any atom is 0.262 e. The Bertz CT molecular complexity index is 583. The zero-order valence-electron chi connectivity index (χ0n) is 8.66. The van der Waals surface area contributed by atoms with Gasteiger partial charge in [-0.25, -0.2) is 8.42 Å². The standard InChI is InChI=1S/C10H9Cl2NO3S/c11-7-4-6-2-1-3-10(14)13-8(6)5-9(7)17(12,15)16/h4-5H,1-3H2,(H,13,14). The molecule has 4 nitrogen and oxygen atoms in total. The molecule has 17 heavy (non-hydrogen) atoms. The zero-order chi connectivity index (χ0) is 12.6. The Balaban J connectivity index is 2.58. The number of carbonyl (C=O) groups excluding carboxylic acids is 1. The lowest BCUT2D eigenvalue weighted by molar-refractivity contribution is -0.116. The molecule has 0 radical (unpaired) electrons. The van der Waals surface area contributed by atoms with E-state index in [2.05, 4.69) is 5.32 Å². The second kappa shape index (κ2) is 4.48. The fraction of sp³-hybridized carbons (Fsp3) is 0.300. The van der Waals surface area contributed by atoms with Crippen molar-refractivity contribution < 1.29 is 13.2 Å². The number of hydrogen-bond acceptors (Lipinski definition) is 3. The molecular weight excluding hydrogens is 285 g/mol. The van der Waals surface area contributed by atoms with Gasteiger partial charge >= 0.3 is 0 Å². The molecule has 0 spiro atoms. The minimum absolute atomic E-state index is 0.0786. The van der Waals surface area contributed by atoms with Gasteiger partial charge in [0.1, 0.15) is 4.90 Å². The van der Waals surface area contributed by atoms with Crippen LogP contribution in [0.5, 0.6) is 0 Å². The van der Waals surface area contributed by atoms with E-state index in [0.29, 0.717) is 24.9 Å². The average molecular weight is 294 g/mol. The topological polar surface area (TPSA) is 63.2 Å². The molecule has 1 amide bonds. The third-order valence-corrected chi connectivity index (χ3v) is 4.33. The minimum atomic E-state index is -3.91. The number of rotatable bonds is 1. The summed E-state index contributed by atoms with van der Waals surface area (Å²) in [4.78, 5) is 11.2. The monoisotopic (exact) mass is 293 g/mol. The van der Waals surface area contributed by atoms with Gasteiger partial charge in [-0.2, -0.15) is 0 Å². The number of nitrogens with one attached hydrogen (secondary N) is 1. The largest absolute Gasteiger partial charge is 0.326 e. The first-order valence-electron chi connectivity index (χ1n) is 4.95. The number of anilines is 1. The number of aryl methyl sites for hydroxylation is 1. The molecule has 0 atom stereocenters. The van der Waals surface area contributed by atoms with Crippen LogP contribution >= 0.6 is 22.3 Å². The fourth-order valence-electron chi connectivity index (χ4n) is 1.76. The van der Waals surface area contributed by atoms with E-state index >= 15 is 0 Å². The van der Waals surface area contributed by atoms with Crippen LogP contribution in [0.4, 0.5) is 5.69 Å². The number of carbonyl (C=O) groups is 1. The van der Waals surface area contributed by atoms with Gasteiger partial charge in [-0.15, -0.1) is 0 Å². The van der Waals surface area contributed by atoms with Gasteiger partial charge in [-0.1, -0.05) is 11.6 Å². The fourth-order valence-corrected chi connectivity index (χ4v) is 3.30. The molecule has 0 aromatic heterocycles. The lowest BCUT2D eigenvalue weighted by Gasteiger charge is -2.09. The van der Waals surface area contributed by atoms with Crippen molar-refractivity contribution in [2.45, 2.75) is 24.2 Å². The summed E-state index contributed by atoms with van der Waals surface area (Å²) in [5.41, 5.74) is 1.29. The summed E-state index contributed by atoms with van der Waals surface area (Å²) in [7, 11) is 1.35. The SMILES string of the molecule is O=C1CCCc2cc(Cl)c(S(=O)(=O)Cl)cc2N1. The third kappa shape index (κ3) is 2.73. The summed E-state index contributed by atoms with van der Waals surface area (Å²) < 4.78 is 22.6. The van der Waals surface area contributed by atoms with Crippen molar-refractivity contribution in [3.8, 4) is 0 Å². The molecule has 0 saturated heterocycles. The molecule has 1 aliphatic rings. The van der Waals surface area contributed by atoms with Crippen molar-refractivity contribution in [2.75, 3.05) is 5.32 Å². The lowest BCUT2D eigenvalue weighted by atomic mass is 10.1. The maximum absolute atomic E-state index is 11.4. The molecule has 0 bridgehead atoms. The number of hydrogen-bond donors (Lipinski definition) is 1. The highest BCUT2D eigenvalue weighted by molar-refractivity contribution is 8.13. The van der Waals surface area contributed by atoms with Gasteiger partial charge < -0.3 is 5.32 Å². The van der Waals surface area contributed by atoms with Crippen molar-refractivity contribution in [3.05, 3.63) is 22.7 Å². The van der Waals surface area contributed by atoms with Gasteiger partial charge in [0.2, 0.25) is 5.91 Å². The Morgan fingerprint density at radius 3 is 2.59 bits per heavy atom. The van der Waals surface area contributed by atoms with Crippen LogP contribution in [-0.2, 0) is 20.3 Å². The predicted octanol–water partition coefficient (Wildman–Crippen LogP) is 2.54. The molecule has 1 aliphatic heterocycles. The number of halogens is 2. The van der Waals surface area contributed by atoms with Crippen LogP contribution in [0.1, 0.15) is 18.4 Å². The highest BCUT2D eigenvalue weighted by Crippen LogP contribution is 2.32. The summed E-state index contributed by atoms with van der Waals surface area (Å²) in [6, 6.07) is 2.85. The summed E-state index contributed by atoms with van der Waals surface area (Å²) in [5.74, 6) is -0.135. The Labute approximate surface area is 108 Å². The van der Waals surface area contributed by atoms with E-state index in [1.54, 1.807) is 0 Å². The average Bonchev–Trinajstić information content (AvgIpc) is 2.36. The third-order valence-electron chi connectivity index (χ3n) is 2.54. The second-order valence-corrected chi connectivity index (χ2v) is 6.72. The first-order valence-corrected chi connectivity index (χ1v) is 7.63. The molecule has 1 heterocycles. The molecule has 92 valence electrons. The highest BCUT2D eigenvalue weighted by Gasteiger charge is 2.20. The summed E-state index contributed by atoms with van der Waals surface area (Å²) in [6.07, 6.45) is 1.80. The molecule has 0 saturated carbocycles. The van der Waals surface area contributed by atoms with E-state index < -0.39 is 9.05 Å². The van der Waals surface area contributed by atoms with Gasteiger partial charge in [-0.05, 0) is 30.5 Å². The van der Waals surface area contributed by atoms with Crippen LogP contribution in [0.2, 0.25) is 5.02 Å². The van der Waals surface area contributed by atoms with E-state index in [1.807, 2.05) is 0 Å². The van der Waals surface area contributed by atoms with Crippen molar-refractivity contribution in [3.63, 3.8) is 0 Å².